The maximum atomic E-state index is 12.6. The van der Waals surface area contributed by atoms with Gasteiger partial charge in [0.25, 0.3) is 0 Å². The van der Waals surface area contributed by atoms with Gasteiger partial charge in [-0.2, -0.15) is 0 Å². The predicted molar refractivity (Wildman–Crippen MR) is 102 cm³/mol. The van der Waals surface area contributed by atoms with Gasteiger partial charge in [0, 0.05) is 5.69 Å². The minimum atomic E-state index is -0.985. The average Bonchev–Trinajstić information content (AvgIpc) is 2.55. The Bertz CT molecular complexity index is 748. The van der Waals surface area contributed by atoms with Gasteiger partial charge in [-0.05, 0) is 57.0 Å². The third-order valence-electron chi connectivity index (χ3n) is 3.99. The minimum Gasteiger partial charge on any atom is -0.494 e. The van der Waals surface area contributed by atoms with E-state index in [4.69, 9.17) is 4.74 Å². The van der Waals surface area contributed by atoms with E-state index >= 15 is 0 Å². The molecule has 1 atom stereocenters. The number of hydrogen-bond donors (Lipinski definition) is 2. The summed E-state index contributed by atoms with van der Waals surface area (Å²) in [5, 5.41) is 12.0. The van der Waals surface area contributed by atoms with Crippen LogP contribution in [0.3, 0.4) is 0 Å². The number of carbonyl (C=O) groups excluding carboxylic acids is 1. The van der Waals surface area contributed by atoms with Gasteiger partial charge < -0.3 is 15.2 Å². The lowest BCUT2D eigenvalue weighted by molar-refractivity contribution is -0.140. The third kappa shape index (κ3) is 5.92. The molecule has 5 heteroatoms. The number of hydrogen-bond acceptors (Lipinski definition) is 3. The SMILES string of the molecule is CCOc1ccc(NC(=O)[C@H](CC(=O)O)Cc2cc(C)cc(C)c2)cc1. The van der Waals surface area contributed by atoms with E-state index in [2.05, 4.69) is 11.4 Å². The number of nitrogens with one attached hydrogen (secondary N) is 1. The smallest absolute Gasteiger partial charge is 0.304 e. The Morgan fingerprint density at radius 2 is 1.69 bits per heavy atom. The molecule has 1 amide bonds. The van der Waals surface area contributed by atoms with E-state index in [0.717, 1.165) is 22.4 Å². The molecule has 0 saturated carbocycles. The number of anilines is 1. The number of benzene rings is 2. The Kier molecular flexibility index (Phi) is 6.78. The predicted octanol–water partition coefficient (Wildman–Crippen LogP) is 3.97. The normalized spacial score (nSPS) is 11.7. The molecule has 2 rings (SSSR count). The van der Waals surface area contributed by atoms with Crippen LogP contribution in [0.15, 0.2) is 42.5 Å². The highest BCUT2D eigenvalue weighted by molar-refractivity contribution is 5.94. The highest BCUT2D eigenvalue weighted by Gasteiger charge is 2.22. The first kappa shape index (κ1) is 19.5. The molecule has 0 spiro atoms. The van der Waals surface area contributed by atoms with E-state index in [0.29, 0.717) is 18.7 Å². The summed E-state index contributed by atoms with van der Waals surface area (Å²) in [4.78, 5) is 23.8. The topological polar surface area (TPSA) is 75.6 Å². The van der Waals surface area contributed by atoms with Crippen molar-refractivity contribution in [2.75, 3.05) is 11.9 Å². The average molecular weight is 355 g/mol. The quantitative estimate of drug-likeness (QED) is 0.751. The van der Waals surface area contributed by atoms with Crippen LogP contribution in [-0.4, -0.2) is 23.6 Å². The Morgan fingerprint density at radius 1 is 1.08 bits per heavy atom. The molecular weight excluding hydrogens is 330 g/mol. The van der Waals surface area contributed by atoms with Gasteiger partial charge in [-0.3, -0.25) is 9.59 Å². The summed E-state index contributed by atoms with van der Waals surface area (Å²) in [6, 6.07) is 13.1. The molecule has 0 aliphatic rings. The fourth-order valence-corrected chi connectivity index (χ4v) is 2.99. The zero-order valence-electron chi connectivity index (χ0n) is 15.4. The van der Waals surface area contributed by atoms with Crippen molar-refractivity contribution in [1.29, 1.82) is 0 Å². The summed E-state index contributed by atoms with van der Waals surface area (Å²) in [6.45, 7) is 6.45. The van der Waals surface area contributed by atoms with E-state index in [1.807, 2.05) is 32.9 Å². The van der Waals surface area contributed by atoms with E-state index < -0.39 is 11.9 Å². The van der Waals surface area contributed by atoms with Crippen LogP contribution in [0.1, 0.15) is 30.0 Å². The molecule has 0 aliphatic carbocycles. The standard InChI is InChI=1S/C21H25NO4/c1-4-26-19-7-5-18(6-8-19)22-21(25)17(13-20(23)24)12-16-10-14(2)9-15(3)11-16/h5-11,17H,4,12-13H2,1-3H3,(H,22,25)(H,23,24)/t17-/m0/s1. The summed E-state index contributed by atoms with van der Waals surface area (Å²) in [7, 11) is 0. The molecule has 0 aromatic heterocycles. The van der Waals surface area contributed by atoms with Crippen molar-refractivity contribution in [3.8, 4) is 5.75 Å². The number of rotatable bonds is 8. The van der Waals surface area contributed by atoms with Gasteiger partial charge >= 0.3 is 5.97 Å². The van der Waals surface area contributed by atoms with Crippen molar-refractivity contribution in [3.63, 3.8) is 0 Å². The summed E-state index contributed by atoms with van der Waals surface area (Å²) in [5.41, 5.74) is 3.78. The van der Waals surface area contributed by atoms with Gasteiger partial charge in [-0.1, -0.05) is 29.3 Å². The zero-order valence-corrected chi connectivity index (χ0v) is 15.4. The second kappa shape index (κ2) is 9.04. The van der Waals surface area contributed by atoms with Gasteiger partial charge in [0.1, 0.15) is 5.75 Å². The van der Waals surface area contributed by atoms with Crippen LogP contribution in [-0.2, 0) is 16.0 Å². The Labute approximate surface area is 154 Å². The monoisotopic (exact) mass is 355 g/mol. The van der Waals surface area contributed by atoms with Crippen molar-refractivity contribution >= 4 is 17.6 Å². The van der Waals surface area contributed by atoms with Crippen molar-refractivity contribution in [3.05, 3.63) is 59.2 Å². The lowest BCUT2D eigenvalue weighted by Crippen LogP contribution is -2.27. The Balaban J connectivity index is 2.11. The van der Waals surface area contributed by atoms with Crippen molar-refractivity contribution < 1.29 is 19.4 Å². The number of amides is 1. The molecule has 2 aromatic carbocycles. The van der Waals surface area contributed by atoms with E-state index in [1.54, 1.807) is 24.3 Å². The molecule has 0 fully saturated rings. The summed E-state index contributed by atoms with van der Waals surface area (Å²) < 4.78 is 5.38. The van der Waals surface area contributed by atoms with Gasteiger partial charge in [0.15, 0.2) is 0 Å². The van der Waals surface area contributed by atoms with E-state index in [-0.39, 0.29) is 12.3 Å². The number of aryl methyl sites for hydroxylation is 2. The van der Waals surface area contributed by atoms with Crippen LogP contribution in [0, 0.1) is 19.8 Å². The van der Waals surface area contributed by atoms with Gasteiger partial charge in [-0.15, -0.1) is 0 Å². The fourth-order valence-electron chi connectivity index (χ4n) is 2.99. The van der Waals surface area contributed by atoms with Crippen molar-refractivity contribution in [2.45, 2.75) is 33.6 Å². The number of carboxylic acid groups (broad SMARTS) is 1. The van der Waals surface area contributed by atoms with Crippen LogP contribution in [0.5, 0.6) is 5.75 Å². The highest BCUT2D eigenvalue weighted by atomic mass is 16.5. The van der Waals surface area contributed by atoms with Gasteiger partial charge in [0.05, 0.1) is 18.9 Å². The van der Waals surface area contributed by atoms with Crippen LogP contribution in [0.4, 0.5) is 5.69 Å². The number of aliphatic carboxylic acids is 1. The van der Waals surface area contributed by atoms with Crippen LogP contribution < -0.4 is 10.1 Å². The summed E-state index contributed by atoms with van der Waals surface area (Å²) in [6.07, 6.45) is 0.174. The van der Waals surface area contributed by atoms with Gasteiger partial charge in [0.2, 0.25) is 5.91 Å². The van der Waals surface area contributed by atoms with E-state index in [1.165, 1.54) is 0 Å². The van der Waals surface area contributed by atoms with Crippen LogP contribution in [0.25, 0.3) is 0 Å². The number of carboxylic acids is 1. The molecule has 0 aliphatic heterocycles. The molecule has 0 bridgehead atoms. The largest absolute Gasteiger partial charge is 0.494 e. The molecule has 0 unspecified atom stereocenters. The van der Waals surface area contributed by atoms with Crippen molar-refractivity contribution in [2.24, 2.45) is 5.92 Å². The summed E-state index contributed by atoms with van der Waals surface area (Å²) >= 11 is 0. The molecular formula is C21H25NO4. The molecule has 0 saturated heterocycles. The van der Waals surface area contributed by atoms with Gasteiger partial charge in [-0.25, -0.2) is 0 Å². The van der Waals surface area contributed by atoms with E-state index in [9.17, 15) is 14.7 Å². The first-order valence-corrected chi connectivity index (χ1v) is 8.70. The Morgan fingerprint density at radius 3 is 2.23 bits per heavy atom. The molecule has 138 valence electrons. The van der Waals surface area contributed by atoms with Crippen molar-refractivity contribution in [1.82, 2.24) is 0 Å². The molecule has 0 heterocycles. The second-order valence-corrected chi connectivity index (χ2v) is 6.44. The van der Waals surface area contributed by atoms with Crippen LogP contribution >= 0.6 is 0 Å². The molecule has 26 heavy (non-hydrogen) atoms. The summed E-state index contributed by atoms with van der Waals surface area (Å²) in [5.74, 6) is -1.19. The third-order valence-corrected chi connectivity index (χ3v) is 3.99. The molecule has 2 aromatic rings. The lowest BCUT2D eigenvalue weighted by Gasteiger charge is -2.16. The zero-order chi connectivity index (χ0) is 19.1. The minimum absolute atomic E-state index is 0.212. The first-order chi connectivity index (χ1) is 12.4. The second-order valence-electron chi connectivity index (χ2n) is 6.44. The van der Waals surface area contributed by atoms with Crippen LogP contribution in [0.2, 0.25) is 0 Å². The number of ether oxygens (including phenoxy) is 1. The maximum Gasteiger partial charge on any atom is 0.304 e. The number of carbonyl (C=O) groups is 2. The molecule has 2 N–H and O–H groups in total. The fraction of sp³-hybridized carbons (Fsp3) is 0.333. The first-order valence-electron chi connectivity index (χ1n) is 8.70. The molecule has 0 radical (unpaired) electrons. The highest BCUT2D eigenvalue weighted by Crippen LogP contribution is 2.20. The Hall–Kier alpha value is -2.82. The molecule has 5 nitrogen and oxygen atoms in total. The maximum absolute atomic E-state index is 12.6. The lowest BCUT2D eigenvalue weighted by atomic mass is 9.93.